The van der Waals surface area contributed by atoms with E-state index in [2.05, 4.69) is 5.32 Å². The molecule has 28 heavy (non-hydrogen) atoms. The van der Waals surface area contributed by atoms with Crippen molar-refractivity contribution in [1.82, 2.24) is 4.90 Å². The first-order valence-electron chi connectivity index (χ1n) is 8.93. The van der Waals surface area contributed by atoms with Crippen LogP contribution in [0.3, 0.4) is 0 Å². The van der Waals surface area contributed by atoms with Gasteiger partial charge >= 0.3 is 0 Å². The first-order chi connectivity index (χ1) is 13.5. The molecule has 146 valence electrons. The Labute approximate surface area is 166 Å². The average molecular weight is 379 g/mol. The van der Waals surface area contributed by atoms with Crippen molar-refractivity contribution in [3.8, 4) is 17.6 Å². The van der Waals surface area contributed by atoms with Crippen LogP contribution in [0.5, 0.6) is 11.5 Å². The molecule has 0 aliphatic heterocycles. The highest BCUT2D eigenvalue weighted by Gasteiger charge is 2.21. The summed E-state index contributed by atoms with van der Waals surface area (Å²) in [4.78, 5) is 14.6. The van der Waals surface area contributed by atoms with Crippen molar-refractivity contribution in [3.05, 3.63) is 65.9 Å². The summed E-state index contributed by atoms with van der Waals surface area (Å²) in [6.45, 7) is 4.29. The first-order valence-corrected chi connectivity index (χ1v) is 8.93. The third-order valence-electron chi connectivity index (χ3n) is 4.20. The Balaban J connectivity index is 2.19. The van der Waals surface area contributed by atoms with Gasteiger partial charge in [0, 0.05) is 30.5 Å². The molecule has 0 heterocycles. The van der Waals surface area contributed by atoms with Crippen molar-refractivity contribution in [3.63, 3.8) is 0 Å². The second kappa shape index (κ2) is 10.0. The highest BCUT2D eigenvalue weighted by Crippen LogP contribution is 2.29. The molecule has 0 aliphatic rings. The minimum absolute atomic E-state index is 0.0272. The predicted molar refractivity (Wildman–Crippen MR) is 109 cm³/mol. The number of benzene rings is 2. The molecule has 0 saturated heterocycles. The number of ether oxygens (including phenoxy) is 2. The van der Waals surface area contributed by atoms with Gasteiger partial charge in [-0.2, -0.15) is 5.26 Å². The molecule has 0 saturated carbocycles. The molecular weight excluding hydrogens is 354 g/mol. The summed E-state index contributed by atoms with van der Waals surface area (Å²) in [5, 5.41) is 12.5. The number of nitrogens with one attached hydrogen (secondary N) is 1. The Morgan fingerprint density at radius 2 is 1.82 bits per heavy atom. The SMILES string of the molecule is COc1ccc(N/C=C(/C#N)C(=O)N(Cc2ccccc2)C(C)C)cc1OC. The van der Waals surface area contributed by atoms with Gasteiger partial charge in [-0.15, -0.1) is 0 Å². The number of amides is 1. The topological polar surface area (TPSA) is 74.6 Å². The Kier molecular flexibility index (Phi) is 7.46. The maximum absolute atomic E-state index is 12.9. The molecule has 0 bridgehead atoms. The zero-order valence-electron chi connectivity index (χ0n) is 16.6. The van der Waals surface area contributed by atoms with Crippen molar-refractivity contribution in [2.45, 2.75) is 26.4 Å². The summed E-state index contributed by atoms with van der Waals surface area (Å²) in [5.74, 6) is 0.829. The molecule has 6 nitrogen and oxygen atoms in total. The standard InChI is InChI=1S/C22H25N3O3/c1-16(2)25(15-17-8-6-5-7-9-17)22(26)18(13-23)14-24-19-10-11-20(27-3)21(12-19)28-4/h5-12,14,16,24H,15H2,1-4H3/b18-14-. The zero-order chi connectivity index (χ0) is 20.5. The summed E-state index contributed by atoms with van der Waals surface area (Å²) >= 11 is 0. The highest BCUT2D eigenvalue weighted by molar-refractivity contribution is 5.97. The normalized spacial score (nSPS) is 10.9. The Hall–Kier alpha value is -3.46. The van der Waals surface area contributed by atoms with Crippen LogP contribution in [0.2, 0.25) is 0 Å². The van der Waals surface area contributed by atoms with Gasteiger partial charge in [0.25, 0.3) is 5.91 Å². The molecule has 0 unspecified atom stereocenters. The fourth-order valence-corrected chi connectivity index (χ4v) is 2.65. The van der Waals surface area contributed by atoms with Gasteiger partial charge in [-0.3, -0.25) is 4.79 Å². The second-order valence-electron chi connectivity index (χ2n) is 6.40. The molecule has 0 aromatic heterocycles. The number of nitriles is 1. The van der Waals surface area contributed by atoms with Gasteiger partial charge in [0.05, 0.1) is 14.2 Å². The minimum atomic E-state index is -0.325. The molecule has 6 heteroatoms. The van der Waals surface area contributed by atoms with Gasteiger partial charge < -0.3 is 19.7 Å². The molecule has 0 spiro atoms. The molecule has 0 radical (unpaired) electrons. The maximum atomic E-state index is 12.9. The molecule has 2 rings (SSSR count). The van der Waals surface area contributed by atoms with Crippen molar-refractivity contribution >= 4 is 11.6 Å². The fraction of sp³-hybridized carbons (Fsp3) is 0.273. The van der Waals surface area contributed by atoms with Gasteiger partial charge in [0.1, 0.15) is 11.6 Å². The van der Waals surface area contributed by atoms with Crippen LogP contribution in [-0.2, 0) is 11.3 Å². The molecule has 2 aromatic rings. The lowest BCUT2D eigenvalue weighted by Gasteiger charge is -2.26. The van der Waals surface area contributed by atoms with Crippen LogP contribution < -0.4 is 14.8 Å². The lowest BCUT2D eigenvalue weighted by atomic mass is 10.1. The summed E-state index contributed by atoms with van der Waals surface area (Å²) in [6.07, 6.45) is 1.42. The van der Waals surface area contributed by atoms with E-state index < -0.39 is 0 Å². The second-order valence-corrected chi connectivity index (χ2v) is 6.40. The van der Waals surface area contributed by atoms with Crippen molar-refractivity contribution < 1.29 is 14.3 Å². The van der Waals surface area contributed by atoms with E-state index >= 15 is 0 Å². The third kappa shape index (κ3) is 5.27. The van der Waals surface area contributed by atoms with Crippen LogP contribution in [0.1, 0.15) is 19.4 Å². The van der Waals surface area contributed by atoms with Gasteiger partial charge in [0.15, 0.2) is 11.5 Å². The van der Waals surface area contributed by atoms with Crippen LogP contribution in [-0.4, -0.2) is 31.1 Å². The summed E-state index contributed by atoms with van der Waals surface area (Å²) in [6, 6.07) is 16.9. The number of hydrogen-bond donors (Lipinski definition) is 1. The lowest BCUT2D eigenvalue weighted by Crippen LogP contribution is -2.37. The number of carbonyl (C=O) groups is 1. The van der Waals surface area contributed by atoms with E-state index in [1.807, 2.05) is 50.2 Å². The summed E-state index contributed by atoms with van der Waals surface area (Å²) < 4.78 is 10.5. The lowest BCUT2D eigenvalue weighted by molar-refractivity contribution is -0.129. The quantitative estimate of drug-likeness (QED) is 0.555. The average Bonchev–Trinajstić information content (AvgIpc) is 2.72. The van der Waals surface area contributed by atoms with Gasteiger partial charge in [-0.25, -0.2) is 0 Å². The predicted octanol–water partition coefficient (Wildman–Crippen LogP) is 3.96. The minimum Gasteiger partial charge on any atom is -0.493 e. The zero-order valence-corrected chi connectivity index (χ0v) is 16.6. The Morgan fingerprint density at radius 1 is 1.14 bits per heavy atom. The molecule has 1 N–H and O–H groups in total. The number of rotatable bonds is 8. The number of anilines is 1. The van der Waals surface area contributed by atoms with E-state index in [1.54, 1.807) is 37.3 Å². The first kappa shape index (κ1) is 20.8. The molecule has 0 fully saturated rings. The Morgan fingerprint density at radius 3 is 2.39 bits per heavy atom. The fourth-order valence-electron chi connectivity index (χ4n) is 2.65. The number of methoxy groups -OCH3 is 2. The van der Waals surface area contributed by atoms with Gasteiger partial charge in [-0.1, -0.05) is 30.3 Å². The molecule has 0 atom stereocenters. The Bertz CT molecular complexity index is 870. The highest BCUT2D eigenvalue weighted by atomic mass is 16.5. The van der Waals surface area contributed by atoms with Crippen molar-refractivity contribution in [2.75, 3.05) is 19.5 Å². The summed E-state index contributed by atoms with van der Waals surface area (Å²) in [7, 11) is 3.11. The molecule has 1 amide bonds. The molecular formula is C22H25N3O3. The number of hydrogen-bond acceptors (Lipinski definition) is 5. The van der Waals surface area contributed by atoms with E-state index in [9.17, 15) is 10.1 Å². The smallest absolute Gasteiger partial charge is 0.266 e. The van der Waals surface area contributed by atoms with Crippen LogP contribution >= 0.6 is 0 Å². The molecule has 0 aliphatic carbocycles. The van der Waals surface area contributed by atoms with Crippen LogP contribution in [0.4, 0.5) is 5.69 Å². The van der Waals surface area contributed by atoms with Crippen LogP contribution in [0, 0.1) is 11.3 Å². The monoisotopic (exact) mass is 379 g/mol. The van der Waals surface area contributed by atoms with E-state index in [-0.39, 0.29) is 17.5 Å². The summed E-state index contributed by atoms with van der Waals surface area (Å²) in [5.41, 5.74) is 1.71. The van der Waals surface area contributed by atoms with E-state index in [4.69, 9.17) is 9.47 Å². The largest absolute Gasteiger partial charge is 0.493 e. The van der Waals surface area contributed by atoms with Crippen molar-refractivity contribution in [1.29, 1.82) is 5.26 Å². The number of carbonyl (C=O) groups excluding carboxylic acids is 1. The molecule has 2 aromatic carbocycles. The van der Waals surface area contributed by atoms with E-state index in [1.165, 1.54) is 6.20 Å². The van der Waals surface area contributed by atoms with E-state index in [0.717, 1.165) is 5.56 Å². The maximum Gasteiger partial charge on any atom is 0.266 e. The van der Waals surface area contributed by atoms with Crippen LogP contribution in [0.15, 0.2) is 60.3 Å². The van der Waals surface area contributed by atoms with Crippen molar-refractivity contribution in [2.24, 2.45) is 0 Å². The number of nitrogens with zero attached hydrogens (tertiary/aromatic N) is 2. The van der Waals surface area contributed by atoms with Crippen LogP contribution in [0.25, 0.3) is 0 Å². The van der Waals surface area contributed by atoms with Gasteiger partial charge in [-0.05, 0) is 31.5 Å². The van der Waals surface area contributed by atoms with Gasteiger partial charge in [0.2, 0.25) is 0 Å². The third-order valence-corrected chi connectivity index (χ3v) is 4.20. The van der Waals surface area contributed by atoms with E-state index in [0.29, 0.717) is 23.7 Å².